The molecule has 1 N–H and O–H groups in total. The van der Waals surface area contributed by atoms with Crippen LogP contribution in [0.3, 0.4) is 0 Å². The fourth-order valence-electron chi connectivity index (χ4n) is 3.15. The average Bonchev–Trinajstić information content (AvgIpc) is 3.27. The summed E-state index contributed by atoms with van der Waals surface area (Å²) in [6, 6.07) is 17.4. The zero-order chi connectivity index (χ0) is 24.8. The monoisotopic (exact) mass is 633 g/mol. The number of aliphatic imine (C=N–C) groups is 1. The van der Waals surface area contributed by atoms with Crippen LogP contribution in [-0.4, -0.2) is 37.1 Å². The fraction of sp³-hybridized carbons (Fsp3) is 0.160. The maximum atomic E-state index is 12.4. The van der Waals surface area contributed by atoms with E-state index in [0.29, 0.717) is 18.0 Å². The summed E-state index contributed by atoms with van der Waals surface area (Å²) < 4.78 is 14.4. The molecule has 0 saturated heterocycles. The molecule has 0 unspecified atom stereocenters. The highest BCUT2D eigenvalue weighted by atomic mass is 79.9. The van der Waals surface area contributed by atoms with Crippen LogP contribution in [0.1, 0.15) is 11.1 Å². The first-order valence-corrected chi connectivity index (χ1v) is 13.8. The molecule has 3 aromatic carbocycles. The van der Waals surface area contributed by atoms with E-state index in [0.717, 1.165) is 40.3 Å². The van der Waals surface area contributed by atoms with Crippen LogP contribution >= 0.6 is 55.0 Å². The van der Waals surface area contributed by atoms with Crippen molar-refractivity contribution in [1.82, 2.24) is 10.3 Å². The molecule has 0 aliphatic heterocycles. The number of methoxy groups -OCH3 is 2. The maximum Gasteiger partial charge on any atom is 0.230 e. The smallest absolute Gasteiger partial charge is 0.230 e. The highest BCUT2D eigenvalue weighted by Gasteiger charge is 2.10. The van der Waals surface area contributed by atoms with Crippen LogP contribution in [0.2, 0.25) is 0 Å². The third kappa shape index (κ3) is 6.84. The van der Waals surface area contributed by atoms with E-state index < -0.39 is 0 Å². The third-order valence-corrected chi connectivity index (χ3v) is 8.27. The number of hydrogen-bond donors (Lipinski definition) is 1. The van der Waals surface area contributed by atoms with Crippen molar-refractivity contribution in [3.05, 3.63) is 74.7 Å². The number of thiazole rings is 1. The van der Waals surface area contributed by atoms with Crippen molar-refractivity contribution in [2.45, 2.75) is 10.9 Å². The first-order chi connectivity index (χ1) is 16.9. The third-order valence-electron chi connectivity index (χ3n) is 4.93. The zero-order valence-corrected chi connectivity index (χ0v) is 23.7. The molecule has 6 nitrogen and oxygen atoms in total. The number of nitrogens with one attached hydrogen (secondary N) is 1. The van der Waals surface area contributed by atoms with Gasteiger partial charge >= 0.3 is 0 Å². The Morgan fingerprint density at radius 2 is 1.91 bits per heavy atom. The van der Waals surface area contributed by atoms with E-state index in [4.69, 9.17) is 9.47 Å². The van der Waals surface area contributed by atoms with Gasteiger partial charge in [0.05, 0.1) is 35.9 Å². The lowest BCUT2D eigenvalue weighted by Crippen LogP contribution is -2.24. The average molecular weight is 635 g/mol. The van der Waals surface area contributed by atoms with Gasteiger partial charge in [0.1, 0.15) is 0 Å². The number of carbonyl (C=O) groups is 1. The van der Waals surface area contributed by atoms with Crippen molar-refractivity contribution in [1.29, 1.82) is 0 Å². The summed E-state index contributed by atoms with van der Waals surface area (Å²) in [4.78, 5) is 21.6. The minimum absolute atomic E-state index is 0.0607. The number of aromatic nitrogens is 1. The highest BCUT2D eigenvalue weighted by molar-refractivity contribution is 9.11. The van der Waals surface area contributed by atoms with E-state index in [2.05, 4.69) is 47.2 Å². The normalized spacial score (nSPS) is 11.2. The maximum absolute atomic E-state index is 12.4. The molecule has 0 aliphatic rings. The molecule has 35 heavy (non-hydrogen) atoms. The Kier molecular flexibility index (Phi) is 8.83. The van der Waals surface area contributed by atoms with Crippen LogP contribution in [-0.2, 0) is 11.3 Å². The molecular formula is C25H21Br2N3O3S2. The van der Waals surface area contributed by atoms with E-state index in [1.54, 1.807) is 25.6 Å². The van der Waals surface area contributed by atoms with Gasteiger partial charge in [-0.2, -0.15) is 0 Å². The van der Waals surface area contributed by atoms with Gasteiger partial charge in [-0.1, -0.05) is 55.8 Å². The van der Waals surface area contributed by atoms with Crippen LogP contribution in [0.4, 0.5) is 5.69 Å². The van der Waals surface area contributed by atoms with Crippen molar-refractivity contribution in [2.75, 3.05) is 20.0 Å². The lowest BCUT2D eigenvalue weighted by molar-refractivity contribution is -0.118. The molecule has 180 valence electrons. The Balaban J connectivity index is 1.34. The Labute approximate surface area is 228 Å². The zero-order valence-electron chi connectivity index (χ0n) is 18.9. The number of rotatable bonds is 9. The number of amides is 1. The number of benzene rings is 3. The summed E-state index contributed by atoms with van der Waals surface area (Å²) in [7, 11) is 3.18. The molecule has 4 aromatic rings. The van der Waals surface area contributed by atoms with Gasteiger partial charge in [-0.3, -0.25) is 9.79 Å². The van der Waals surface area contributed by atoms with E-state index in [1.165, 1.54) is 11.8 Å². The lowest BCUT2D eigenvalue weighted by Gasteiger charge is -2.10. The van der Waals surface area contributed by atoms with E-state index in [-0.39, 0.29) is 11.7 Å². The SMILES string of the molecule is COc1ccc(CNC(=O)CSc2nc3ccc(N=Cc4ccc(Br)cc4Br)cc3s2)cc1OC. The quantitative estimate of drug-likeness (QED) is 0.159. The van der Waals surface area contributed by atoms with Crippen molar-refractivity contribution in [3.8, 4) is 11.5 Å². The largest absolute Gasteiger partial charge is 0.493 e. The van der Waals surface area contributed by atoms with Gasteiger partial charge in [-0.05, 0) is 48.0 Å². The summed E-state index contributed by atoms with van der Waals surface area (Å²) in [6.45, 7) is 0.412. The van der Waals surface area contributed by atoms with Crippen LogP contribution < -0.4 is 14.8 Å². The number of halogens is 2. The molecule has 0 saturated carbocycles. The molecule has 1 amide bonds. The molecule has 0 aliphatic carbocycles. The molecular weight excluding hydrogens is 614 g/mol. The summed E-state index contributed by atoms with van der Waals surface area (Å²) in [5, 5.41) is 2.94. The molecule has 1 aromatic heterocycles. The van der Waals surface area contributed by atoms with Crippen molar-refractivity contribution in [2.24, 2.45) is 4.99 Å². The van der Waals surface area contributed by atoms with Crippen LogP contribution in [0.5, 0.6) is 11.5 Å². The molecule has 0 spiro atoms. The van der Waals surface area contributed by atoms with Crippen LogP contribution in [0.25, 0.3) is 10.2 Å². The number of thioether (sulfide) groups is 1. The minimum atomic E-state index is -0.0607. The second-order valence-corrected chi connectivity index (χ2v) is 11.3. The standard InChI is InChI=1S/C25H21Br2N3O3S2/c1-32-21-8-3-15(9-22(21)33-2)12-29-24(31)14-34-25-30-20-7-6-18(11-23(20)35-25)28-13-16-4-5-17(26)10-19(16)27/h3-11,13H,12,14H2,1-2H3,(H,29,31). The number of fused-ring (bicyclic) bond motifs is 1. The number of ether oxygens (including phenoxy) is 2. The van der Waals surface area contributed by atoms with Gasteiger partial charge in [-0.15, -0.1) is 11.3 Å². The molecule has 0 fully saturated rings. The van der Waals surface area contributed by atoms with E-state index in [9.17, 15) is 4.79 Å². The van der Waals surface area contributed by atoms with Gasteiger partial charge < -0.3 is 14.8 Å². The number of hydrogen-bond acceptors (Lipinski definition) is 7. The molecule has 0 bridgehead atoms. The van der Waals surface area contributed by atoms with Crippen LogP contribution in [0.15, 0.2) is 72.9 Å². The fourth-order valence-corrected chi connectivity index (χ4v) is 6.23. The first kappa shape index (κ1) is 25.7. The molecule has 1 heterocycles. The van der Waals surface area contributed by atoms with Crippen molar-refractivity contribution < 1.29 is 14.3 Å². The molecule has 4 rings (SSSR count). The van der Waals surface area contributed by atoms with E-state index in [1.807, 2.05) is 60.8 Å². The lowest BCUT2D eigenvalue weighted by atomic mass is 10.2. The second-order valence-electron chi connectivity index (χ2n) is 7.31. The summed E-state index contributed by atoms with van der Waals surface area (Å²) in [6.07, 6.45) is 1.83. The Hall–Kier alpha value is -2.40. The summed E-state index contributed by atoms with van der Waals surface area (Å²) >= 11 is 9.99. The van der Waals surface area contributed by atoms with Gasteiger partial charge in [0.2, 0.25) is 5.91 Å². The van der Waals surface area contributed by atoms with Gasteiger partial charge in [-0.25, -0.2) is 4.98 Å². The molecule has 10 heteroatoms. The predicted octanol–water partition coefficient (Wildman–Crippen LogP) is 7.00. The second kappa shape index (κ2) is 12.0. The Morgan fingerprint density at radius 1 is 1.09 bits per heavy atom. The van der Waals surface area contributed by atoms with Gasteiger partial charge in [0.25, 0.3) is 0 Å². The van der Waals surface area contributed by atoms with Crippen molar-refractivity contribution in [3.63, 3.8) is 0 Å². The minimum Gasteiger partial charge on any atom is -0.493 e. The topological polar surface area (TPSA) is 72.8 Å². The van der Waals surface area contributed by atoms with Crippen molar-refractivity contribution >= 4 is 83.0 Å². The van der Waals surface area contributed by atoms with Gasteiger partial charge in [0, 0.05) is 27.3 Å². The summed E-state index contributed by atoms with van der Waals surface area (Å²) in [5.41, 5.74) is 3.67. The number of carbonyl (C=O) groups excluding carboxylic acids is 1. The first-order valence-electron chi connectivity index (χ1n) is 10.5. The highest BCUT2D eigenvalue weighted by Crippen LogP contribution is 2.32. The van der Waals surface area contributed by atoms with Crippen LogP contribution in [0, 0.1) is 0 Å². The predicted molar refractivity (Wildman–Crippen MR) is 151 cm³/mol. The summed E-state index contributed by atoms with van der Waals surface area (Å²) in [5.74, 6) is 1.52. The molecule has 0 atom stereocenters. The Bertz CT molecular complexity index is 1390. The van der Waals surface area contributed by atoms with Gasteiger partial charge in [0.15, 0.2) is 15.8 Å². The molecule has 0 radical (unpaired) electrons. The van der Waals surface area contributed by atoms with E-state index >= 15 is 0 Å². The Morgan fingerprint density at radius 3 is 2.69 bits per heavy atom. The number of nitrogens with zero attached hydrogens (tertiary/aromatic N) is 2.